The third-order valence-electron chi connectivity index (χ3n) is 7.27. The van der Waals surface area contributed by atoms with E-state index in [1.54, 1.807) is 36.4 Å². The zero-order valence-corrected chi connectivity index (χ0v) is 21.2. The van der Waals surface area contributed by atoms with Crippen LogP contribution in [-0.2, 0) is 14.6 Å². The number of hydrogen-bond acceptors (Lipinski definition) is 6. The summed E-state index contributed by atoms with van der Waals surface area (Å²) in [6, 6.07) is 15.9. The van der Waals surface area contributed by atoms with Crippen molar-refractivity contribution in [1.29, 1.82) is 0 Å². The third kappa shape index (κ3) is 5.28. The van der Waals surface area contributed by atoms with Crippen LogP contribution in [0.25, 0.3) is 5.57 Å². The molecule has 0 spiro atoms. The fourth-order valence-corrected chi connectivity index (χ4v) is 6.13. The molecule has 3 unspecified atom stereocenters. The number of nitrogens with zero attached hydrogens (tertiary/aromatic N) is 1. The Morgan fingerprint density at radius 2 is 1.59 bits per heavy atom. The molecule has 37 heavy (non-hydrogen) atoms. The number of amides is 2. The highest BCUT2D eigenvalue weighted by Crippen LogP contribution is 2.37. The SMILES string of the molecule is CS(=O)(=O)C1(CCC(O)C(CCN2C(=O)c3ccccc3C2=O)C(=O)O)C=CC(c2ccccc2)=CC1. The number of hydrogen-bond donors (Lipinski definition) is 2. The minimum absolute atomic E-state index is 0.0267. The van der Waals surface area contributed by atoms with E-state index in [1.165, 1.54) is 0 Å². The molecule has 0 bridgehead atoms. The fraction of sp³-hybridized carbons (Fsp3) is 0.321. The third-order valence-corrected chi connectivity index (χ3v) is 9.25. The monoisotopic (exact) mass is 523 g/mol. The van der Waals surface area contributed by atoms with Gasteiger partial charge in [0, 0.05) is 12.8 Å². The van der Waals surface area contributed by atoms with Gasteiger partial charge in [-0.15, -0.1) is 0 Å². The highest BCUT2D eigenvalue weighted by atomic mass is 32.2. The minimum atomic E-state index is -3.59. The first kappa shape index (κ1) is 26.5. The van der Waals surface area contributed by atoms with Crippen molar-refractivity contribution in [3.05, 3.63) is 89.5 Å². The number of aliphatic hydroxyl groups is 1. The molecule has 0 radical (unpaired) electrons. The maximum Gasteiger partial charge on any atom is 0.309 e. The number of imide groups is 1. The number of sulfone groups is 1. The van der Waals surface area contributed by atoms with E-state index in [9.17, 15) is 33.0 Å². The summed E-state index contributed by atoms with van der Waals surface area (Å²) in [4.78, 5) is 38.1. The molecule has 194 valence electrons. The van der Waals surface area contributed by atoms with E-state index in [1.807, 2.05) is 36.4 Å². The first-order valence-electron chi connectivity index (χ1n) is 12.0. The normalized spacial score (nSPS) is 20.9. The fourth-order valence-electron chi connectivity index (χ4n) is 4.94. The number of aliphatic carboxylic acids is 1. The summed E-state index contributed by atoms with van der Waals surface area (Å²) in [5.74, 6) is -3.54. The van der Waals surface area contributed by atoms with Crippen LogP contribution in [0.3, 0.4) is 0 Å². The van der Waals surface area contributed by atoms with Crippen molar-refractivity contribution in [3.8, 4) is 0 Å². The lowest BCUT2D eigenvalue weighted by molar-refractivity contribution is -0.146. The Morgan fingerprint density at radius 3 is 2.11 bits per heavy atom. The number of carboxylic acid groups (broad SMARTS) is 1. The second kappa shape index (κ2) is 10.4. The average molecular weight is 524 g/mol. The van der Waals surface area contributed by atoms with Crippen LogP contribution in [0, 0.1) is 5.92 Å². The van der Waals surface area contributed by atoms with Gasteiger partial charge in [-0.2, -0.15) is 0 Å². The van der Waals surface area contributed by atoms with Crippen molar-refractivity contribution in [1.82, 2.24) is 4.90 Å². The van der Waals surface area contributed by atoms with Crippen LogP contribution in [0.15, 0.2) is 72.8 Å². The number of carboxylic acids is 1. The molecular formula is C28H29NO7S. The summed E-state index contributed by atoms with van der Waals surface area (Å²) in [6.45, 7) is -0.166. The Morgan fingerprint density at radius 1 is 1.00 bits per heavy atom. The van der Waals surface area contributed by atoms with Gasteiger partial charge in [0.05, 0.1) is 27.9 Å². The van der Waals surface area contributed by atoms with Gasteiger partial charge in [0.15, 0.2) is 9.84 Å². The van der Waals surface area contributed by atoms with Crippen molar-refractivity contribution < 1.29 is 33.0 Å². The topological polar surface area (TPSA) is 129 Å². The first-order valence-corrected chi connectivity index (χ1v) is 13.9. The summed E-state index contributed by atoms with van der Waals surface area (Å²) in [5.41, 5.74) is 2.38. The van der Waals surface area contributed by atoms with Crippen LogP contribution in [0.2, 0.25) is 0 Å². The molecular weight excluding hydrogens is 494 g/mol. The van der Waals surface area contributed by atoms with E-state index in [0.717, 1.165) is 22.3 Å². The molecule has 2 aromatic rings. The summed E-state index contributed by atoms with van der Waals surface area (Å²) in [5, 5.41) is 20.6. The number of fused-ring (bicyclic) bond motifs is 1. The molecule has 1 heterocycles. The van der Waals surface area contributed by atoms with Crippen molar-refractivity contribution >= 4 is 33.2 Å². The van der Waals surface area contributed by atoms with Crippen LogP contribution in [0.5, 0.6) is 0 Å². The van der Waals surface area contributed by atoms with Gasteiger partial charge in [0.1, 0.15) is 0 Å². The molecule has 2 aliphatic rings. The Kier molecular flexibility index (Phi) is 7.47. The largest absolute Gasteiger partial charge is 0.481 e. The lowest BCUT2D eigenvalue weighted by Crippen LogP contribution is -2.40. The lowest BCUT2D eigenvalue weighted by atomic mass is 9.86. The quantitative estimate of drug-likeness (QED) is 0.457. The molecule has 1 aliphatic heterocycles. The van der Waals surface area contributed by atoms with Crippen LogP contribution in [0.4, 0.5) is 0 Å². The highest BCUT2D eigenvalue weighted by molar-refractivity contribution is 7.92. The second-order valence-electron chi connectivity index (χ2n) is 9.55. The number of carbonyl (C=O) groups excluding carboxylic acids is 2. The number of rotatable bonds is 10. The highest BCUT2D eigenvalue weighted by Gasteiger charge is 2.41. The van der Waals surface area contributed by atoms with Crippen molar-refractivity contribution in [2.75, 3.05) is 12.8 Å². The van der Waals surface area contributed by atoms with Gasteiger partial charge >= 0.3 is 5.97 Å². The Labute approximate surface area is 215 Å². The van der Waals surface area contributed by atoms with Crippen molar-refractivity contribution in [3.63, 3.8) is 0 Å². The zero-order valence-electron chi connectivity index (χ0n) is 20.4. The zero-order chi connectivity index (χ0) is 26.8. The molecule has 2 aromatic carbocycles. The predicted molar refractivity (Wildman–Crippen MR) is 139 cm³/mol. The van der Waals surface area contributed by atoms with E-state index in [-0.39, 0.29) is 43.4 Å². The van der Waals surface area contributed by atoms with Crippen LogP contribution in [-0.4, -0.2) is 65.0 Å². The molecule has 1 aliphatic carbocycles. The van der Waals surface area contributed by atoms with Crippen molar-refractivity contribution in [2.24, 2.45) is 5.92 Å². The van der Waals surface area contributed by atoms with Crippen LogP contribution in [0.1, 0.15) is 52.0 Å². The molecule has 2 amide bonds. The lowest BCUT2D eigenvalue weighted by Gasteiger charge is -2.32. The van der Waals surface area contributed by atoms with Crippen LogP contribution >= 0.6 is 0 Å². The van der Waals surface area contributed by atoms with Crippen LogP contribution < -0.4 is 0 Å². The molecule has 8 nitrogen and oxygen atoms in total. The van der Waals surface area contributed by atoms with Gasteiger partial charge in [-0.1, -0.05) is 60.7 Å². The Bertz CT molecular complexity index is 1350. The van der Waals surface area contributed by atoms with Gasteiger partial charge in [0.25, 0.3) is 11.8 Å². The van der Waals surface area contributed by atoms with Gasteiger partial charge < -0.3 is 10.2 Å². The molecule has 3 atom stereocenters. The van der Waals surface area contributed by atoms with Crippen molar-refractivity contribution in [2.45, 2.75) is 36.5 Å². The number of allylic oxidation sites excluding steroid dienone is 3. The van der Waals surface area contributed by atoms with E-state index in [0.29, 0.717) is 0 Å². The first-order chi connectivity index (χ1) is 17.5. The minimum Gasteiger partial charge on any atom is -0.481 e. The maximum absolute atomic E-state index is 12.8. The van der Waals surface area contributed by atoms with Gasteiger partial charge in [-0.3, -0.25) is 19.3 Å². The molecule has 0 fully saturated rings. The van der Waals surface area contributed by atoms with Gasteiger partial charge in [-0.25, -0.2) is 8.42 Å². The molecule has 9 heteroatoms. The molecule has 0 saturated carbocycles. The maximum atomic E-state index is 12.8. The smallest absolute Gasteiger partial charge is 0.309 e. The number of benzene rings is 2. The standard InChI is InChI=1S/C28H29NO7S/c1-37(35,36)28(15-11-20(12-16-28)19-7-3-2-4-8-19)17-13-24(30)23(27(33)34)14-18-29-25(31)21-9-5-6-10-22(21)26(29)32/h2-12,15,23-24,30H,13-14,16-18H2,1H3,(H,33,34). The summed E-state index contributed by atoms with van der Waals surface area (Å²) >= 11 is 0. The number of carbonyl (C=O) groups is 3. The second-order valence-corrected chi connectivity index (χ2v) is 11.9. The molecule has 0 aromatic heterocycles. The van der Waals surface area contributed by atoms with E-state index < -0.39 is 44.4 Å². The molecule has 2 N–H and O–H groups in total. The van der Waals surface area contributed by atoms with Gasteiger partial charge in [0.2, 0.25) is 0 Å². The van der Waals surface area contributed by atoms with E-state index in [2.05, 4.69) is 0 Å². The molecule has 4 rings (SSSR count). The van der Waals surface area contributed by atoms with E-state index in [4.69, 9.17) is 0 Å². The summed E-state index contributed by atoms with van der Waals surface area (Å²) in [7, 11) is -3.59. The number of aliphatic hydroxyl groups excluding tert-OH is 1. The van der Waals surface area contributed by atoms with E-state index >= 15 is 0 Å². The Balaban J connectivity index is 1.43. The predicted octanol–water partition coefficient (Wildman–Crippen LogP) is 3.34. The summed E-state index contributed by atoms with van der Waals surface area (Å²) < 4.78 is 24.3. The van der Waals surface area contributed by atoms with Gasteiger partial charge in [-0.05, 0) is 49.0 Å². The molecule has 0 saturated heterocycles. The Hall–Kier alpha value is -3.56. The summed E-state index contributed by atoms with van der Waals surface area (Å²) in [6.07, 6.45) is 5.01. The average Bonchev–Trinajstić information content (AvgIpc) is 3.12.